The zero-order valence-corrected chi connectivity index (χ0v) is 14.7. The Kier molecular flexibility index (Phi) is 5.45. The van der Waals surface area contributed by atoms with Gasteiger partial charge in [-0.1, -0.05) is 12.1 Å². The first-order valence-corrected chi connectivity index (χ1v) is 8.49. The smallest absolute Gasteiger partial charge is 0.251 e. The maximum atomic E-state index is 12.6. The molecule has 3 aromatic rings. The molecule has 0 unspecified atom stereocenters. The van der Waals surface area contributed by atoms with Crippen LogP contribution in [0.4, 0.5) is 0 Å². The molecule has 26 heavy (non-hydrogen) atoms. The van der Waals surface area contributed by atoms with Crippen molar-refractivity contribution in [2.45, 2.75) is 6.42 Å². The second-order valence-electron chi connectivity index (χ2n) is 5.66. The average molecular weight is 370 g/mol. The molecule has 0 atom stereocenters. The molecule has 134 valence electrons. The number of para-hydroxylation sites is 1. The Labute approximate surface area is 154 Å². The zero-order chi connectivity index (χ0) is 18.5. The van der Waals surface area contributed by atoms with Gasteiger partial charge in [0.1, 0.15) is 11.2 Å². The molecule has 0 aliphatic rings. The molecule has 0 aliphatic heterocycles. The van der Waals surface area contributed by atoms with E-state index in [0.29, 0.717) is 47.0 Å². The maximum absolute atomic E-state index is 12.6. The fourth-order valence-electron chi connectivity index (χ4n) is 2.57. The fraction of sp³-hybridized carbons (Fsp3) is 0.167. The molecule has 1 heterocycles. The fourth-order valence-corrected chi connectivity index (χ4v) is 2.65. The van der Waals surface area contributed by atoms with E-state index in [1.165, 1.54) is 0 Å². The van der Waals surface area contributed by atoms with E-state index in [0.717, 1.165) is 0 Å². The number of thiocarbonyl (C=S) groups is 1. The van der Waals surface area contributed by atoms with Gasteiger partial charge in [-0.2, -0.15) is 0 Å². The van der Waals surface area contributed by atoms with Crippen molar-refractivity contribution < 1.29 is 9.21 Å². The summed E-state index contributed by atoms with van der Waals surface area (Å²) in [5.74, 6) is -0.248. The summed E-state index contributed by atoms with van der Waals surface area (Å²) in [6, 6.07) is 11.9. The van der Waals surface area contributed by atoms with E-state index in [9.17, 15) is 9.59 Å². The topological polar surface area (TPSA) is 109 Å². The van der Waals surface area contributed by atoms with Crippen molar-refractivity contribution in [3.05, 3.63) is 58.3 Å². The third-order valence-electron chi connectivity index (χ3n) is 3.81. The van der Waals surface area contributed by atoms with E-state index in [2.05, 4.69) is 28.4 Å². The predicted octanol–water partition coefficient (Wildman–Crippen LogP) is 1.40. The molecule has 1 amide bonds. The molecule has 0 saturated heterocycles. The Bertz CT molecular complexity index is 1030. The second kappa shape index (κ2) is 7.94. The number of hydrazine groups is 1. The number of hydrogen-bond acceptors (Lipinski definition) is 5. The quantitative estimate of drug-likeness (QED) is 0.225. The summed E-state index contributed by atoms with van der Waals surface area (Å²) >= 11 is 4.66. The van der Waals surface area contributed by atoms with Crippen molar-refractivity contribution in [3.8, 4) is 0 Å². The summed E-state index contributed by atoms with van der Waals surface area (Å²) in [4.78, 5) is 24.9. The normalized spacial score (nSPS) is 10.8. The van der Waals surface area contributed by atoms with Gasteiger partial charge in [0.05, 0.1) is 10.8 Å². The zero-order valence-electron chi connectivity index (χ0n) is 13.9. The largest absolute Gasteiger partial charge is 0.456 e. The minimum atomic E-state index is -0.248. The van der Waals surface area contributed by atoms with E-state index in [-0.39, 0.29) is 16.4 Å². The molecule has 3 rings (SSSR count). The second-order valence-corrected chi connectivity index (χ2v) is 6.10. The Morgan fingerprint density at radius 2 is 1.85 bits per heavy atom. The summed E-state index contributed by atoms with van der Waals surface area (Å²) in [6.45, 7) is 1.06. The lowest BCUT2D eigenvalue weighted by Crippen LogP contribution is -2.42. The monoisotopic (exact) mass is 370 g/mol. The SMILES string of the molecule is NC(=S)NNCCCNC(=O)c1ccc2oc3ccccc3c(=O)c2c1. The third kappa shape index (κ3) is 3.98. The van der Waals surface area contributed by atoms with Crippen LogP contribution in [0, 0.1) is 0 Å². The molecular weight excluding hydrogens is 352 g/mol. The molecule has 0 spiro atoms. The van der Waals surface area contributed by atoms with E-state index in [4.69, 9.17) is 10.2 Å². The minimum absolute atomic E-state index is 0.149. The van der Waals surface area contributed by atoms with Gasteiger partial charge in [-0.05, 0) is 49.0 Å². The lowest BCUT2D eigenvalue weighted by molar-refractivity contribution is 0.0953. The van der Waals surface area contributed by atoms with Crippen molar-refractivity contribution in [1.29, 1.82) is 0 Å². The van der Waals surface area contributed by atoms with Gasteiger partial charge in [-0.15, -0.1) is 0 Å². The molecule has 0 aliphatic carbocycles. The number of amides is 1. The average Bonchev–Trinajstić information content (AvgIpc) is 2.64. The summed E-state index contributed by atoms with van der Waals surface area (Å²) in [6.07, 6.45) is 0.682. The highest BCUT2D eigenvalue weighted by Gasteiger charge is 2.11. The highest BCUT2D eigenvalue weighted by atomic mass is 32.1. The lowest BCUT2D eigenvalue weighted by Gasteiger charge is -2.08. The standard InChI is InChI=1S/C18H18N4O3S/c19-18(26)22-21-9-3-8-20-17(24)11-6-7-15-13(10-11)16(23)12-4-1-2-5-14(12)25-15/h1-2,4-7,10,21H,3,8-9H2,(H,20,24)(H3,19,22,26). The molecule has 0 bridgehead atoms. The number of nitrogens with two attached hydrogens (primary N) is 1. The number of hydrogen-bond donors (Lipinski definition) is 4. The predicted molar refractivity (Wildman–Crippen MR) is 105 cm³/mol. The Hall–Kier alpha value is -2.97. The third-order valence-corrected chi connectivity index (χ3v) is 3.92. The van der Waals surface area contributed by atoms with Crippen LogP contribution in [-0.2, 0) is 0 Å². The Morgan fingerprint density at radius 3 is 2.65 bits per heavy atom. The van der Waals surface area contributed by atoms with Gasteiger partial charge in [0.15, 0.2) is 5.11 Å². The highest BCUT2D eigenvalue weighted by Crippen LogP contribution is 2.19. The first kappa shape index (κ1) is 17.8. The van der Waals surface area contributed by atoms with Gasteiger partial charge < -0.3 is 15.5 Å². The van der Waals surface area contributed by atoms with E-state index in [1.807, 2.05) is 6.07 Å². The molecule has 8 heteroatoms. The Morgan fingerprint density at radius 1 is 1.08 bits per heavy atom. The van der Waals surface area contributed by atoms with Crippen LogP contribution in [-0.4, -0.2) is 24.1 Å². The van der Waals surface area contributed by atoms with Crippen LogP contribution < -0.4 is 27.3 Å². The van der Waals surface area contributed by atoms with Crippen LogP contribution in [0.1, 0.15) is 16.8 Å². The van der Waals surface area contributed by atoms with Gasteiger partial charge in [-0.3, -0.25) is 15.0 Å². The maximum Gasteiger partial charge on any atom is 0.251 e. The highest BCUT2D eigenvalue weighted by molar-refractivity contribution is 7.80. The van der Waals surface area contributed by atoms with E-state index >= 15 is 0 Å². The van der Waals surface area contributed by atoms with Crippen LogP contribution in [0.15, 0.2) is 51.7 Å². The van der Waals surface area contributed by atoms with Gasteiger partial charge in [0, 0.05) is 18.7 Å². The van der Waals surface area contributed by atoms with E-state index < -0.39 is 0 Å². The number of carbonyl (C=O) groups is 1. The van der Waals surface area contributed by atoms with Crippen molar-refractivity contribution in [3.63, 3.8) is 0 Å². The van der Waals surface area contributed by atoms with E-state index in [1.54, 1.807) is 36.4 Å². The number of carbonyl (C=O) groups excluding carboxylic acids is 1. The first-order chi connectivity index (χ1) is 12.6. The number of benzene rings is 2. The molecule has 2 aromatic carbocycles. The summed E-state index contributed by atoms with van der Waals surface area (Å²) in [5.41, 5.74) is 12.0. The summed E-state index contributed by atoms with van der Waals surface area (Å²) in [7, 11) is 0. The molecule has 0 fully saturated rings. The summed E-state index contributed by atoms with van der Waals surface area (Å²) < 4.78 is 5.74. The van der Waals surface area contributed by atoms with Crippen molar-refractivity contribution in [2.75, 3.05) is 13.1 Å². The van der Waals surface area contributed by atoms with Crippen LogP contribution in [0.5, 0.6) is 0 Å². The lowest BCUT2D eigenvalue weighted by atomic mass is 10.1. The van der Waals surface area contributed by atoms with Crippen LogP contribution >= 0.6 is 12.2 Å². The molecule has 0 radical (unpaired) electrons. The number of fused-ring (bicyclic) bond motifs is 2. The van der Waals surface area contributed by atoms with Crippen LogP contribution in [0.25, 0.3) is 21.9 Å². The molecular formula is C18H18N4O3S. The number of rotatable bonds is 6. The van der Waals surface area contributed by atoms with Crippen molar-refractivity contribution in [2.24, 2.45) is 5.73 Å². The minimum Gasteiger partial charge on any atom is -0.456 e. The van der Waals surface area contributed by atoms with Gasteiger partial charge in [-0.25, -0.2) is 5.43 Å². The first-order valence-electron chi connectivity index (χ1n) is 8.08. The molecule has 0 saturated carbocycles. The van der Waals surface area contributed by atoms with Gasteiger partial charge in [0.25, 0.3) is 5.91 Å². The van der Waals surface area contributed by atoms with Gasteiger partial charge in [0.2, 0.25) is 5.43 Å². The molecule has 1 aromatic heterocycles. The van der Waals surface area contributed by atoms with Crippen LogP contribution in [0.3, 0.4) is 0 Å². The summed E-state index contributed by atoms with van der Waals surface area (Å²) in [5, 5.41) is 3.85. The van der Waals surface area contributed by atoms with Crippen LogP contribution in [0.2, 0.25) is 0 Å². The van der Waals surface area contributed by atoms with Gasteiger partial charge >= 0.3 is 0 Å². The number of nitrogens with one attached hydrogen (secondary N) is 3. The molecule has 7 nitrogen and oxygen atoms in total. The Balaban J connectivity index is 1.71. The van der Waals surface area contributed by atoms with Crippen molar-refractivity contribution in [1.82, 2.24) is 16.2 Å². The molecule has 5 N–H and O–H groups in total. The van der Waals surface area contributed by atoms with Crippen molar-refractivity contribution >= 4 is 45.2 Å².